The molecule has 1 atom stereocenters. The van der Waals surface area contributed by atoms with E-state index in [-0.39, 0.29) is 31.4 Å². The average molecular weight is 202 g/mol. The first-order chi connectivity index (χ1) is 6.61. The number of nitrogens with zero attached hydrogens (tertiary/aromatic N) is 1. The molecule has 0 fully saturated rings. The highest BCUT2D eigenvalue weighted by atomic mass is 16.3. The molecule has 1 amide bonds. The Morgan fingerprint density at radius 2 is 2.21 bits per heavy atom. The SMILES string of the molecule is CN(C)CC(CC=O)C(=O)NCCO. The lowest BCUT2D eigenvalue weighted by Crippen LogP contribution is -2.38. The maximum atomic E-state index is 11.4. The van der Waals surface area contributed by atoms with Gasteiger partial charge in [-0.05, 0) is 14.1 Å². The molecule has 0 aromatic heterocycles. The zero-order valence-electron chi connectivity index (χ0n) is 8.69. The van der Waals surface area contributed by atoms with Crippen LogP contribution in [0.25, 0.3) is 0 Å². The summed E-state index contributed by atoms with van der Waals surface area (Å²) in [7, 11) is 3.69. The second-order valence-corrected chi connectivity index (χ2v) is 3.38. The molecule has 0 spiro atoms. The van der Waals surface area contributed by atoms with Crippen LogP contribution in [0.15, 0.2) is 0 Å². The summed E-state index contributed by atoms with van der Waals surface area (Å²) in [5, 5.41) is 11.1. The predicted molar refractivity (Wildman–Crippen MR) is 52.8 cm³/mol. The summed E-state index contributed by atoms with van der Waals surface area (Å²) in [5.41, 5.74) is 0. The molecule has 1 unspecified atom stereocenters. The first-order valence-electron chi connectivity index (χ1n) is 4.58. The second kappa shape index (κ2) is 7.46. The predicted octanol–water partition coefficient (Wildman–Crippen LogP) is -1.14. The van der Waals surface area contributed by atoms with Gasteiger partial charge in [0.2, 0.25) is 5.91 Å². The van der Waals surface area contributed by atoms with Crippen molar-refractivity contribution < 1.29 is 14.7 Å². The topological polar surface area (TPSA) is 69.6 Å². The van der Waals surface area contributed by atoms with Crippen LogP contribution in [0, 0.1) is 5.92 Å². The van der Waals surface area contributed by atoms with Crippen LogP contribution in [0.4, 0.5) is 0 Å². The van der Waals surface area contributed by atoms with E-state index in [4.69, 9.17) is 5.11 Å². The van der Waals surface area contributed by atoms with Crippen LogP contribution in [-0.2, 0) is 9.59 Å². The Hall–Kier alpha value is -0.940. The molecule has 0 aromatic rings. The first-order valence-corrected chi connectivity index (χ1v) is 4.58. The van der Waals surface area contributed by atoms with E-state index in [1.165, 1.54) is 0 Å². The van der Waals surface area contributed by atoms with Gasteiger partial charge in [0.05, 0.1) is 12.5 Å². The van der Waals surface area contributed by atoms with E-state index in [9.17, 15) is 9.59 Å². The minimum absolute atomic E-state index is 0.0818. The molecular weight excluding hydrogens is 184 g/mol. The van der Waals surface area contributed by atoms with E-state index in [0.717, 1.165) is 6.29 Å². The molecule has 82 valence electrons. The van der Waals surface area contributed by atoms with Crippen molar-refractivity contribution in [2.45, 2.75) is 6.42 Å². The fraction of sp³-hybridized carbons (Fsp3) is 0.778. The van der Waals surface area contributed by atoms with Crippen molar-refractivity contribution in [1.82, 2.24) is 10.2 Å². The van der Waals surface area contributed by atoms with Crippen molar-refractivity contribution in [3.63, 3.8) is 0 Å². The Morgan fingerprint density at radius 3 is 2.64 bits per heavy atom. The number of aliphatic hydroxyl groups excluding tert-OH is 1. The Bertz CT molecular complexity index is 183. The Balaban J connectivity index is 4.03. The fourth-order valence-electron chi connectivity index (χ4n) is 1.14. The summed E-state index contributed by atoms with van der Waals surface area (Å²) in [5.74, 6) is -0.506. The van der Waals surface area contributed by atoms with Crippen LogP contribution >= 0.6 is 0 Å². The molecule has 5 nitrogen and oxygen atoms in total. The number of carbonyl (C=O) groups is 2. The Kier molecular flexibility index (Phi) is 6.96. The largest absolute Gasteiger partial charge is 0.395 e. The number of hydrogen-bond donors (Lipinski definition) is 2. The number of aliphatic hydroxyl groups is 1. The van der Waals surface area contributed by atoms with Crippen molar-refractivity contribution in [1.29, 1.82) is 0 Å². The van der Waals surface area contributed by atoms with Gasteiger partial charge in [-0.25, -0.2) is 0 Å². The van der Waals surface area contributed by atoms with Gasteiger partial charge in [0.15, 0.2) is 0 Å². The third-order valence-electron chi connectivity index (χ3n) is 1.75. The highest BCUT2D eigenvalue weighted by molar-refractivity contribution is 5.81. The number of rotatable bonds is 7. The highest BCUT2D eigenvalue weighted by Gasteiger charge is 2.17. The van der Waals surface area contributed by atoms with Crippen LogP contribution in [-0.4, -0.2) is 56.0 Å². The minimum Gasteiger partial charge on any atom is -0.395 e. The standard InChI is InChI=1S/C9H18N2O3/c1-11(2)7-8(3-5-12)9(14)10-4-6-13/h5,8,13H,3-4,6-7H2,1-2H3,(H,10,14). The normalized spacial score (nSPS) is 12.6. The number of aldehydes is 1. The van der Waals surface area contributed by atoms with Gasteiger partial charge < -0.3 is 20.1 Å². The van der Waals surface area contributed by atoms with Crippen molar-refractivity contribution in [3.05, 3.63) is 0 Å². The third kappa shape index (κ3) is 5.66. The lowest BCUT2D eigenvalue weighted by atomic mass is 10.1. The lowest BCUT2D eigenvalue weighted by molar-refractivity contribution is -0.127. The van der Waals surface area contributed by atoms with E-state index in [1.54, 1.807) is 0 Å². The first kappa shape index (κ1) is 13.1. The molecule has 0 saturated heterocycles. The maximum absolute atomic E-state index is 11.4. The molecule has 0 aliphatic rings. The van der Waals surface area contributed by atoms with Crippen molar-refractivity contribution >= 4 is 12.2 Å². The van der Waals surface area contributed by atoms with E-state index in [0.29, 0.717) is 6.54 Å². The van der Waals surface area contributed by atoms with Crippen LogP contribution in [0.5, 0.6) is 0 Å². The van der Waals surface area contributed by atoms with Gasteiger partial charge in [0.1, 0.15) is 6.29 Å². The lowest BCUT2D eigenvalue weighted by Gasteiger charge is -2.18. The summed E-state index contributed by atoms with van der Waals surface area (Å²) in [6.45, 7) is 0.694. The van der Waals surface area contributed by atoms with Crippen LogP contribution in [0.2, 0.25) is 0 Å². The van der Waals surface area contributed by atoms with Crippen molar-refractivity contribution in [2.75, 3.05) is 33.8 Å². The van der Waals surface area contributed by atoms with Gasteiger partial charge in [-0.3, -0.25) is 4.79 Å². The van der Waals surface area contributed by atoms with Gasteiger partial charge in [-0.2, -0.15) is 0 Å². The highest BCUT2D eigenvalue weighted by Crippen LogP contribution is 2.02. The molecular formula is C9H18N2O3. The molecule has 0 rings (SSSR count). The van der Waals surface area contributed by atoms with Gasteiger partial charge in [0.25, 0.3) is 0 Å². The zero-order chi connectivity index (χ0) is 11.0. The summed E-state index contributed by atoms with van der Waals surface area (Å²) >= 11 is 0. The monoisotopic (exact) mass is 202 g/mol. The third-order valence-corrected chi connectivity index (χ3v) is 1.75. The number of amides is 1. The van der Waals surface area contributed by atoms with Crippen LogP contribution in [0.1, 0.15) is 6.42 Å². The average Bonchev–Trinajstić information content (AvgIpc) is 2.13. The summed E-state index contributed by atoms with van der Waals surface area (Å²) in [4.78, 5) is 23.6. The fourth-order valence-corrected chi connectivity index (χ4v) is 1.14. The van der Waals surface area contributed by atoms with Crippen molar-refractivity contribution in [2.24, 2.45) is 5.92 Å². The van der Waals surface area contributed by atoms with Gasteiger partial charge in [-0.1, -0.05) is 0 Å². The Labute approximate surface area is 84.1 Å². The van der Waals surface area contributed by atoms with Gasteiger partial charge >= 0.3 is 0 Å². The second-order valence-electron chi connectivity index (χ2n) is 3.38. The molecule has 0 radical (unpaired) electrons. The van der Waals surface area contributed by atoms with Crippen LogP contribution in [0.3, 0.4) is 0 Å². The van der Waals surface area contributed by atoms with Gasteiger partial charge in [0, 0.05) is 19.5 Å². The molecule has 0 heterocycles. The summed E-state index contributed by atoms with van der Waals surface area (Å²) in [6, 6.07) is 0. The smallest absolute Gasteiger partial charge is 0.224 e. The summed E-state index contributed by atoms with van der Waals surface area (Å²) in [6.07, 6.45) is 0.960. The molecule has 0 saturated carbocycles. The molecule has 5 heteroatoms. The van der Waals surface area contributed by atoms with E-state index in [1.807, 2.05) is 19.0 Å². The van der Waals surface area contributed by atoms with E-state index in [2.05, 4.69) is 5.32 Å². The molecule has 0 bridgehead atoms. The van der Waals surface area contributed by atoms with Gasteiger partial charge in [-0.15, -0.1) is 0 Å². The number of nitrogens with one attached hydrogen (secondary N) is 1. The van der Waals surface area contributed by atoms with E-state index < -0.39 is 0 Å². The summed E-state index contributed by atoms with van der Waals surface area (Å²) < 4.78 is 0. The molecule has 0 aromatic carbocycles. The molecule has 0 aliphatic carbocycles. The Morgan fingerprint density at radius 1 is 1.57 bits per heavy atom. The quantitative estimate of drug-likeness (QED) is 0.512. The minimum atomic E-state index is -0.325. The zero-order valence-corrected chi connectivity index (χ0v) is 8.69. The van der Waals surface area contributed by atoms with E-state index >= 15 is 0 Å². The number of carbonyl (C=O) groups excluding carboxylic acids is 2. The van der Waals surface area contributed by atoms with Crippen molar-refractivity contribution in [3.8, 4) is 0 Å². The molecule has 0 aliphatic heterocycles. The molecule has 2 N–H and O–H groups in total. The van der Waals surface area contributed by atoms with Crippen LogP contribution < -0.4 is 5.32 Å². The molecule has 14 heavy (non-hydrogen) atoms. The maximum Gasteiger partial charge on any atom is 0.224 e. The number of hydrogen-bond acceptors (Lipinski definition) is 4.